The number of carbonyl (C=O) groups excluding carboxylic acids is 1. The van der Waals surface area contributed by atoms with Crippen molar-refractivity contribution in [3.8, 4) is 0 Å². The molecule has 1 amide bonds. The first-order valence-electron chi connectivity index (χ1n) is 6.99. The third-order valence-corrected chi connectivity index (χ3v) is 4.73. The summed E-state index contributed by atoms with van der Waals surface area (Å²) in [6.45, 7) is 0. The lowest BCUT2D eigenvalue weighted by atomic mass is 9.91. The zero-order valence-corrected chi connectivity index (χ0v) is 12.7. The number of carboxylic acid groups (broad SMARTS) is 1. The summed E-state index contributed by atoms with van der Waals surface area (Å²) < 4.78 is 13.1. The van der Waals surface area contributed by atoms with E-state index in [1.54, 1.807) is 11.8 Å². The van der Waals surface area contributed by atoms with Gasteiger partial charge in [0, 0.05) is 0 Å². The standard InChI is InChI=1S/C15H18FNO4S/c16-11-3-1-2-10(8-11)12(18)9-13(19)17-15(14(20)21)4-6-22-7-5-15/h1-3,8,12,18H,4-7,9H2,(H,17,19)(H,20,21). The van der Waals surface area contributed by atoms with Crippen LogP contribution in [-0.2, 0) is 9.59 Å². The molecule has 0 aromatic heterocycles. The molecule has 1 atom stereocenters. The highest BCUT2D eigenvalue weighted by Gasteiger charge is 2.41. The summed E-state index contributed by atoms with van der Waals surface area (Å²) in [7, 11) is 0. The second-order valence-corrected chi connectivity index (χ2v) is 6.55. The van der Waals surface area contributed by atoms with Crippen molar-refractivity contribution in [2.24, 2.45) is 0 Å². The molecule has 3 N–H and O–H groups in total. The molecule has 7 heteroatoms. The van der Waals surface area contributed by atoms with Gasteiger partial charge in [-0.05, 0) is 42.0 Å². The Bertz CT molecular complexity index is 560. The van der Waals surface area contributed by atoms with Crippen molar-refractivity contribution < 1.29 is 24.2 Å². The Morgan fingerprint density at radius 2 is 2.05 bits per heavy atom. The number of thioether (sulfide) groups is 1. The fourth-order valence-corrected chi connectivity index (χ4v) is 3.63. The number of amides is 1. The van der Waals surface area contributed by atoms with E-state index in [-0.39, 0.29) is 6.42 Å². The second-order valence-electron chi connectivity index (χ2n) is 5.32. The molecular weight excluding hydrogens is 309 g/mol. The summed E-state index contributed by atoms with van der Waals surface area (Å²) in [6, 6.07) is 5.37. The van der Waals surface area contributed by atoms with Crippen LogP contribution in [0.25, 0.3) is 0 Å². The lowest BCUT2D eigenvalue weighted by Gasteiger charge is -2.34. The number of hydrogen-bond donors (Lipinski definition) is 3. The lowest BCUT2D eigenvalue weighted by molar-refractivity contribution is -0.148. The van der Waals surface area contributed by atoms with Gasteiger partial charge >= 0.3 is 5.97 Å². The third kappa shape index (κ3) is 3.98. The Hall–Kier alpha value is -1.60. The van der Waals surface area contributed by atoms with Gasteiger partial charge in [-0.25, -0.2) is 9.18 Å². The van der Waals surface area contributed by atoms with Gasteiger partial charge in [0.15, 0.2) is 0 Å². The molecule has 1 aromatic carbocycles. The largest absolute Gasteiger partial charge is 0.480 e. The molecule has 0 spiro atoms. The molecule has 1 saturated heterocycles. The maximum atomic E-state index is 13.1. The van der Waals surface area contributed by atoms with Crippen molar-refractivity contribution in [3.63, 3.8) is 0 Å². The Balaban J connectivity index is 2.00. The summed E-state index contributed by atoms with van der Waals surface area (Å²) in [4.78, 5) is 23.5. The van der Waals surface area contributed by atoms with Crippen molar-refractivity contribution in [2.45, 2.75) is 30.9 Å². The number of nitrogens with one attached hydrogen (secondary N) is 1. The Kier molecular flexibility index (Phi) is 5.42. The molecule has 1 fully saturated rings. The van der Waals surface area contributed by atoms with Crippen LogP contribution in [0.4, 0.5) is 4.39 Å². The van der Waals surface area contributed by atoms with Gasteiger partial charge in [0.05, 0.1) is 12.5 Å². The zero-order chi connectivity index (χ0) is 16.2. The highest BCUT2D eigenvalue weighted by Crippen LogP contribution is 2.28. The predicted octanol–water partition coefficient (Wildman–Crippen LogP) is 1.72. The van der Waals surface area contributed by atoms with Gasteiger partial charge in [0.25, 0.3) is 0 Å². The smallest absolute Gasteiger partial charge is 0.329 e. The molecular formula is C15H18FNO4S. The monoisotopic (exact) mass is 327 g/mol. The van der Waals surface area contributed by atoms with Crippen LogP contribution in [0.5, 0.6) is 0 Å². The minimum Gasteiger partial charge on any atom is -0.480 e. The number of rotatable bonds is 5. The van der Waals surface area contributed by atoms with Crippen LogP contribution in [0.1, 0.15) is 30.9 Å². The molecule has 1 unspecified atom stereocenters. The van der Waals surface area contributed by atoms with Crippen molar-refractivity contribution in [1.82, 2.24) is 5.32 Å². The number of aliphatic hydroxyl groups excluding tert-OH is 1. The highest BCUT2D eigenvalue weighted by atomic mass is 32.2. The van der Waals surface area contributed by atoms with Crippen molar-refractivity contribution >= 4 is 23.6 Å². The SMILES string of the molecule is O=C(CC(O)c1cccc(F)c1)NC1(C(=O)O)CCSCC1. The van der Waals surface area contributed by atoms with Crippen LogP contribution in [0.15, 0.2) is 24.3 Å². The molecule has 120 valence electrons. The van der Waals surface area contributed by atoms with Crippen molar-refractivity contribution in [2.75, 3.05) is 11.5 Å². The third-order valence-electron chi connectivity index (χ3n) is 3.75. The predicted molar refractivity (Wildman–Crippen MR) is 81.0 cm³/mol. The molecule has 1 aliphatic heterocycles. The lowest BCUT2D eigenvalue weighted by Crippen LogP contribution is -2.56. The van der Waals surface area contributed by atoms with E-state index < -0.39 is 29.3 Å². The number of aliphatic carboxylic acids is 1. The van der Waals surface area contributed by atoms with E-state index in [0.717, 1.165) is 6.07 Å². The average molecular weight is 327 g/mol. The number of hydrogen-bond acceptors (Lipinski definition) is 4. The molecule has 22 heavy (non-hydrogen) atoms. The highest BCUT2D eigenvalue weighted by molar-refractivity contribution is 7.99. The molecule has 5 nitrogen and oxygen atoms in total. The van der Waals surface area contributed by atoms with E-state index >= 15 is 0 Å². The Morgan fingerprint density at radius 3 is 2.64 bits per heavy atom. The summed E-state index contributed by atoms with van der Waals surface area (Å²) in [5.74, 6) is -0.770. The van der Waals surface area contributed by atoms with E-state index in [0.29, 0.717) is 29.9 Å². The maximum absolute atomic E-state index is 13.1. The second kappa shape index (κ2) is 7.11. The van der Waals surface area contributed by atoms with E-state index in [2.05, 4.69) is 5.32 Å². The minimum atomic E-state index is -1.26. The summed E-state index contributed by atoms with van der Waals surface area (Å²) in [5, 5.41) is 21.9. The van der Waals surface area contributed by atoms with Crippen LogP contribution in [-0.4, -0.2) is 39.1 Å². The summed E-state index contributed by atoms with van der Waals surface area (Å²) in [5.41, 5.74) is -0.969. The molecule has 1 aromatic rings. The van der Waals surface area contributed by atoms with Gasteiger partial charge in [-0.1, -0.05) is 12.1 Å². The van der Waals surface area contributed by atoms with Crippen LogP contribution < -0.4 is 5.32 Å². The molecule has 0 saturated carbocycles. The first kappa shape index (κ1) is 16.8. The molecule has 1 aliphatic rings. The molecule has 0 radical (unpaired) electrons. The first-order chi connectivity index (χ1) is 10.4. The van der Waals surface area contributed by atoms with Gasteiger partial charge in [0.1, 0.15) is 11.4 Å². The molecule has 0 aliphatic carbocycles. The summed E-state index contributed by atoms with van der Waals surface area (Å²) in [6.07, 6.45) is -0.755. The Labute approximate surface area is 131 Å². The van der Waals surface area contributed by atoms with E-state index in [9.17, 15) is 24.2 Å². The van der Waals surface area contributed by atoms with E-state index in [1.807, 2.05) is 0 Å². The zero-order valence-electron chi connectivity index (χ0n) is 11.9. The Morgan fingerprint density at radius 1 is 1.36 bits per heavy atom. The quantitative estimate of drug-likeness (QED) is 0.766. The average Bonchev–Trinajstić information content (AvgIpc) is 2.47. The number of halogens is 1. The van der Waals surface area contributed by atoms with Gasteiger partial charge in [-0.2, -0.15) is 11.8 Å². The van der Waals surface area contributed by atoms with Crippen molar-refractivity contribution in [1.29, 1.82) is 0 Å². The van der Waals surface area contributed by atoms with Crippen LogP contribution in [0.3, 0.4) is 0 Å². The van der Waals surface area contributed by atoms with Gasteiger partial charge < -0.3 is 15.5 Å². The number of carboxylic acids is 1. The normalized spacial score (nSPS) is 18.5. The van der Waals surface area contributed by atoms with Crippen LogP contribution in [0.2, 0.25) is 0 Å². The van der Waals surface area contributed by atoms with Gasteiger partial charge in [0.2, 0.25) is 5.91 Å². The van der Waals surface area contributed by atoms with Gasteiger partial charge in [-0.15, -0.1) is 0 Å². The molecule has 2 rings (SSSR count). The topological polar surface area (TPSA) is 86.6 Å². The summed E-state index contributed by atoms with van der Waals surface area (Å²) >= 11 is 1.65. The first-order valence-corrected chi connectivity index (χ1v) is 8.14. The van der Waals surface area contributed by atoms with Crippen LogP contribution >= 0.6 is 11.8 Å². The van der Waals surface area contributed by atoms with E-state index in [4.69, 9.17) is 0 Å². The minimum absolute atomic E-state index is 0.290. The fraction of sp³-hybridized carbons (Fsp3) is 0.467. The van der Waals surface area contributed by atoms with E-state index in [1.165, 1.54) is 18.2 Å². The molecule has 0 bridgehead atoms. The maximum Gasteiger partial charge on any atom is 0.329 e. The van der Waals surface area contributed by atoms with Crippen LogP contribution in [0, 0.1) is 5.82 Å². The fourth-order valence-electron chi connectivity index (χ4n) is 2.44. The van der Waals surface area contributed by atoms with Gasteiger partial charge in [-0.3, -0.25) is 4.79 Å². The number of aliphatic hydroxyl groups is 1. The van der Waals surface area contributed by atoms with Crippen molar-refractivity contribution in [3.05, 3.63) is 35.6 Å². The number of carbonyl (C=O) groups is 2. The number of benzene rings is 1. The molecule has 1 heterocycles.